The van der Waals surface area contributed by atoms with E-state index in [4.69, 9.17) is 18.9 Å². The molecule has 0 atom stereocenters. The Bertz CT molecular complexity index is 1370. The molecule has 3 heterocycles. The first-order valence-corrected chi connectivity index (χ1v) is 14.8. The fraction of sp³-hybridized carbons (Fsp3) is 0.467. The van der Waals surface area contributed by atoms with Crippen LogP contribution in [0.15, 0.2) is 24.3 Å². The van der Waals surface area contributed by atoms with Gasteiger partial charge in [0.15, 0.2) is 0 Å². The second-order valence-corrected chi connectivity index (χ2v) is 11.0. The zero-order valence-electron chi connectivity index (χ0n) is 25.7. The van der Waals surface area contributed by atoms with Crippen LogP contribution >= 0.6 is 11.3 Å². The van der Waals surface area contributed by atoms with Crippen LogP contribution in [0.2, 0.25) is 0 Å². The van der Waals surface area contributed by atoms with Crippen LogP contribution in [-0.4, -0.2) is 62.2 Å². The molecule has 12 nitrogen and oxygen atoms in total. The molecule has 3 aromatic rings. The van der Waals surface area contributed by atoms with E-state index in [-0.39, 0.29) is 11.8 Å². The summed E-state index contributed by atoms with van der Waals surface area (Å²) in [6.07, 6.45) is 0. The van der Waals surface area contributed by atoms with E-state index < -0.39 is 0 Å². The molecule has 0 aliphatic rings. The van der Waals surface area contributed by atoms with Crippen molar-refractivity contribution in [2.45, 2.75) is 54.0 Å². The molecular weight excluding hydrogens is 572 g/mol. The molecule has 3 aromatic heterocycles. The third-order valence-corrected chi connectivity index (χ3v) is 7.71. The van der Waals surface area contributed by atoms with Gasteiger partial charge in [0.2, 0.25) is 35.3 Å². The number of nitrogens with zero attached hydrogens (tertiary/aromatic N) is 2. The number of hydrogen-bond donors (Lipinski definition) is 4. The quantitative estimate of drug-likeness (QED) is 0.158. The van der Waals surface area contributed by atoms with E-state index in [0.29, 0.717) is 76.0 Å². The van der Waals surface area contributed by atoms with Crippen LogP contribution < -0.4 is 40.2 Å². The molecule has 234 valence electrons. The van der Waals surface area contributed by atoms with Gasteiger partial charge in [-0.1, -0.05) is 0 Å². The predicted octanol–water partition coefficient (Wildman–Crippen LogP) is 2.78. The number of carbonyl (C=O) groups excluding carboxylic acids is 2. The van der Waals surface area contributed by atoms with Crippen LogP contribution in [0.3, 0.4) is 0 Å². The Morgan fingerprint density at radius 1 is 0.744 bits per heavy atom. The largest absolute Gasteiger partial charge is 0.481 e. The summed E-state index contributed by atoms with van der Waals surface area (Å²) in [7, 11) is 3.16. The third kappa shape index (κ3) is 10.7. The highest BCUT2D eigenvalue weighted by atomic mass is 32.1. The maximum Gasteiger partial charge on any atom is 0.220 e. The molecule has 4 N–H and O–H groups in total. The summed E-state index contributed by atoms with van der Waals surface area (Å²) < 4.78 is 23.0. The number of ether oxygens (including phenoxy) is 4. The standard InChI is InChI=1S/C30H42N6O6S/c1-19-25(17-41-27-9-7-23(29(35-27)39-5)15-31-11-13-33-21(3)37)20(2)43-26(19)18-42-28-10-8-24(30(36-28)40-6)16-32-12-14-34-22(4)38/h7-10,31-32H,11-18H2,1-6H3,(H,33,37)(H,34,38). The van der Waals surface area contributed by atoms with Crippen molar-refractivity contribution in [3.8, 4) is 23.5 Å². The van der Waals surface area contributed by atoms with E-state index in [1.165, 1.54) is 13.8 Å². The van der Waals surface area contributed by atoms with Crippen LogP contribution in [0, 0.1) is 13.8 Å². The first-order valence-electron chi connectivity index (χ1n) is 14.0. The lowest BCUT2D eigenvalue weighted by Gasteiger charge is -2.12. The second-order valence-electron chi connectivity index (χ2n) is 9.72. The number of hydrogen-bond acceptors (Lipinski definition) is 11. The Balaban J connectivity index is 1.54. The Hall–Kier alpha value is -3.94. The molecule has 0 unspecified atom stereocenters. The average Bonchev–Trinajstić information content (AvgIpc) is 3.26. The monoisotopic (exact) mass is 614 g/mol. The minimum atomic E-state index is -0.0527. The van der Waals surface area contributed by atoms with Gasteiger partial charge < -0.3 is 40.2 Å². The zero-order chi connectivity index (χ0) is 31.2. The number of methoxy groups -OCH3 is 2. The van der Waals surface area contributed by atoms with Gasteiger partial charge in [-0.3, -0.25) is 9.59 Å². The zero-order valence-corrected chi connectivity index (χ0v) is 26.5. The maximum atomic E-state index is 11.0. The number of carbonyl (C=O) groups is 2. The van der Waals surface area contributed by atoms with Crippen molar-refractivity contribution in [1.29, 1.82) is 0 Å². The molecule has 0 spiro atoms. The maximum absolute atomic E-state index is 11.0. The van der Waals surface area contributed by atoms with Gasteiger partial charge in [0.1, 0.15) is 13.2 Å². The molecule has 0 fully saturated rings. The molecule has 0 saturated heterocycles. The van der Waals surface area contributed by atoms with Gasteiger partial charge >= 0.3 is 0 Å². The van der Waals surface area contributed by atoms with Crippen molar-refractivity contribution in [2.75, 3.05) is 40.4 Å². The van der Waals surface area contributed by atoms with Crippen molar-refractivity contribution >= 4 is 23.2 Å². The van der Waals surface area contributed by atoms with Crippen molar-refractivity contribution in [3.63, 3.8) is 0 Å². The molecule has 0 saturated carbocycles. The molecule has 3 rings (SSSR count). The highest BCUT2D eigenvalue weighted by Gasteiger charge is 2.16. The van der Waals surface area contributed by atoms with E-state index in [0.717, 1.165) is 32.0 Å². The molecule has 0 aliphatic carbocycles. The highest BCUT2D eigenvalue weighted by Crippen LogP contribution is 2.30. The fourth-order valence-electron chi connectivity index (χ4n) is 4.18. The molecule has 0 bridgehead atoms. The number of aromatic nitrogens is 2. The van der Waals surface area contributed by atoms with Gasteiger partial charge in [0, 0.05) is 91.7 Å². The Kier molecular flexibility index (Phi) is 13.5. The van der Waals surface area contributed by atoms with E-state index >= 15 is 0 Å². The SMILES string of the molecule is COc1nc(OCc2sc(C)c(COc3ccc(CNCCNC(C)=O)c(OC)n3)c2C)ccc1CNCCNC(C)=O. The first kappa shape index (κ1) is 33.6. The number of aryl methyl sites for hydroxylation is 1. The summed E-state index contributed by atoms with van der Waals surface area (Å²) in [6.45, 7) is 11.4. The van der Waals surface area contributed by atoms with Crippen molar-refractivity contribution in [2.24, 2.45) is 0 Å². The smallest absolute Gasteiger partial charge is 0.220 e. The lowest BCUT2D eigenvalue weighted by atomic mass is 10.1. The van der Waals surface area contributed by atoms with Gasteiger partial charge in [0.25, 0.3) is 0 Å². The topological polar surface area (TPSA) is 145 Å². The van der Waals surface area contributed by atoms with Crippen LogP contribution in [0.4, 0.5) is 0 Å². The summed E-state index contributed by atoms with van der Waals surface area (Å²) >= 11 is 1.67. The summed E-state index contributed by atoms with van der Waals surface area (Å²) in [4.78, 5) is 33.3. The van der Waals surface area contributed by atoms with Gasteiger partial charge in [0.05, 0.1) is 14.2 Å². The number of nitrogens with one attached hydrogen (secondary N) is 4. The first-order chi connectivity index (χ1) is 20.7. The van der Waals surface area contributed by atoms with E-state index in [1.807, 2.05) is 24.3 Å². The van der Waals surface area contributed by atoms with Gasteiger partial charge in [-0.05, 0) is 31.5 Å². The number of pyridine rings is 2. The van der Waals surface area contributed by atoms with Crippen LogP contribution in [-0.2, 0) is 35.9 Å². The lowest BCUT2D eigenvalue weighted by molar-refractivity contribution is -0.119. The van der Waals surface area contributed by atoms with Gasteiger partial charge in [-0.2, -0.15) is 9.97 Å². The number of rotatable bonds is 18. The highest BCUT2D eigenvalue weighted by molar-refractivity contribution is 7.12. The Morgan fingerprint density at radius 2 is 1.23 bits per heavy atom. The molecule has 13 heteroatoms. The minimum absolute atomic E-state index is 0.0526. The predicted molar refractivity (Wildman–Crippen MR) is 165 cm³/mol. The summed E-state index contributed by atoms with van der Waals surface area (Å²) in [5.74, 6) is 1.83. The number of amides is 2. The van der Waals surface area contributed by atoms with Crippen LogP contribution in [0.25, 0.3) is 0 Å². The minimum Gasteiger partial charge on any atom is -0.481 e. The summed E-state index contributed by atoms with van der Waals surface area (Å²) in [5, 5.41) is 12.0. The Labute approximate surface area is 256 Å². The Morgan fingerprint density at radius 3 is 1.70 bits per heavy atom. The van der Waals surface area contributed by atoms with Crippen LogP contribution in [0.5, 0.6) is 23.5 Å². The summed E-state index contributed by atoms with van der Waals surface area (Å²) in [6, 6.07) is 7.50. The van der Waals surface area contributed by atoms with E-state index in [2.05, 4.69) is 45.1 Å². The second kappa shape index (κ2) is 17.2. The molecule has 0 radical (unpaired) electrons. The van der Waals surface area contributed by atoms with Crippen molar-refractivity contribution in [3.05, 3.63) is 56.3 Å². The summed E-state index contributed by atoms with van der Waals surface area (Å²) in [5.41, 5.74) is 4.01. The lowest BCUT2D eigenvalue weighted by Crippen LogP contribution is -2.30. The molecule has 0 aromatic carbocycles. The number of thiophene rings is 1. The molecule has 2 amide bonds. The van der Waals surface area contributed by atoms with E-state index in [1.54, 1.807) is 25.6 Å². The fourth-order valence-corrected chi connectivity index (χ4v) is 5.28. The van der Waals surface area contributed by atoms with Gasteiger partial charge in [-0.15, -0.1) is 11.3 Å². The normalized spacial score (nSPS) is 10.7. The molecular formula is C30H42N6O6S. The van der Waals surface area contributed by atoms with Gasteiger partial charge in [-0.25, -0.2) is 0 Å². The van der Waals surface area contributed by atoms with Crippen LogP contribution in [0.1, 0.15) is 45.9 Å². The average molecular weight is 615 g/mol. The molecule has 0 aliphatic heterocycles. The third-order valence-electron chi connectivity index (χ3n) is 6.48. The van der Waals surface area contributed by atoms with Crippen molar-refractivity contribution in [1.82, 2.24) is 31.2 Å². The van der Waals surface area contributed by atoms with Crippen molar-refractivity contribution < 1.29 is 28.5 Å². The molecule has 43 heavy (non-hydrogen) atoms. The van der Waals surface area contributed by atoms with E-state index in [9.17, 15) is 9.59 Å².